The smallest absolute Gasteiger partial charge is 0.103 e. The Labute approximate surface area is 100.0 Å². The van der Waals surface area contributed by atoms with Crippen LogP contribution in [0.25, 0.3) is 0 Å². The van der Waals surface area contributed by atoms with Crippen molar-refractivity contribution in [1.82, 2.24) is 0 Å². The van der Waals surface area contributed by atoms with Gasteiger partial charge in [0.2, 0.25) is 0 Å². The first-order valence-corrected chi connectivity index (χ1v) is 5.57. The Morgan fingerprint density at radius 2 is 2.38 bits per heavy atom. The van der Waals surface area contributed by atoms with Gasteiger partial charge in [-0.2, -0.15) is 5.26 Å². The Hall–Kier alpha value is -1.24. The first kappa shape index (κ1) is 11.3. The standard InChI is InChI=1S/C12H13ClN2O/c1-12(5-6-16-8-12)15-11-4-2-3-10(13)9(11)7-14/h2-4,15H,5-6,8H2,1H3. The molecule has 0 spiro atoms. The van der Waals surface area contributed by atoms with E-state index < -0.39 is 0 Å². The van der Waals surface area contributed by atoms with Crippen LogP contribution in [0.2, 0.25) is 5.02 Å². The minimum Gasteiger partial charge on any atom is -0.379 e. The van der Waals surface area contributed by atoms with Crippen LogP contribution in [0.4, 0.5) is 5.69 Å². The van der Waals surface area contributed by atoms with E-state index in [1.807, 2.05) is 12.1 Å². The second-order valence-electron chi connectivity index (χ2n) is 4.26. The maximum Gasteiger partial charge on any atom is 0.103 e. The summed E-state index contributed by atoms with van der Waals surface area (Å²) in [6.45, 7) is 3.50. The van der Waals surface area contributed by atoms with Gasteiger partial charge in [0.05, 0.1) is 28.4 Å². The predicted molar refractivity (Wildman–Crippen MR) is 63.6 cm³/mol. The molecule has 1 N–H and O–H groups in total. The van der Waals surface area contributed by atoms with Crippen LogP contribution in [0.1, 0.15) is 18.9 Å². The van der Waals surface area contributed by atoms with Crippen molar-refractivity contribution in [3.8, 4) is 6.07 Å². The Bertz CT molecular complexity index is 433. The lowest BCUT2D eigenvalue weighted by Crippen LogP contribution is -2.35. The lowest BCUT2D eigenvalue weighted by Gasteiger charge is -2.25. The normalized spacial score (nSPS) is 24.1. The van der Waals surface area contributed by atoms with Crippen molar-refractivity contribution >= 4 is 17.3 Å². The van der Waals surface area contributed by atoms with E-state index in [-0.39, 0.29) is 5.54 Å². The van der Waals surface area contributed by atoms with Gasteiger partial charge in [-0.15, -0.1) is 0 Å². The molecule has 1 fully saturated rings. The summed E-state index contributed by atoms with van der Waals surface area (Å²) in [5.41, 5.74) is 1.18. The van der Waals surface area contributed by atoms with Gasteiger partial charge in [0.15, 0.2) is 0 Å². The fraction of sp³-hybridized carbons (Fsp3) is 0.417. The van der Waals surface area contributed by atoms with Crippen molar-refractivity contribution in [1.29, 1.82) is 5.26 Å². The number of benzene rings is 1. The third-order valence-corrected chi connectivity index (χ3v) is 3.10. The first-order chi connectivity index (χ1) is 7.64. The highest BCUT2D eigenvalue weighted by Crippen LogP contribution is 2.29. The largest absolute Gasteiger partial charge is 0.379 e. The number of hydrogen-bond acceptors (Lipinski definition) is 3. The highest BCUT2D eigenvalue weighted by molar-refractivity contribution is 6.32. The molecule has 0 amide bonds. The molecule has 1 aliphatic rings. The van der Waals surface area contributed by atoms with Crippen molar-refractivity contribution in [2.75, 3.05) is 18.5 Å². The second-order valence-corrected chi connectivity index (χ2v) is 4.67. The summed E-state index contributed by atoms with van der Waals surface area (Å²) in [6.07, 6.45) is 0.935. The monoisotopic (exact) mass is 236 g/mol. The van der Waals surface area contributed by atoms with Gasteiger partial charge in [-0.25, -0.2) is 0 Å². The summed E-state index contributed by atoms with van der Waals surface area (Å²) in [5.74, 6) is 0. The minimum atomic E-state index is -0.101. The van der Waals surface area contributed by atoms with Gasteiger partial charge in [0.25, 0.3) is 0 Å². The molecular formula is C12H13ClN2O. The third kappa shape index (κ3) is 2.13. The lowest BCUT2D eigenvalue weighted by atomic mass is 10.0. The highest BCUT2D eigenvalue weighted by atomic mass is 35.5. The average Bonchev–Trinajstić information content (AvgIpc) is 2.65. The van der Waals surface area contributed by atoms with Crippen LogP contribution in [0.15, 0.2) is 18.2 Å². The van der Waals surface area contributed by atoms with Crippen LogP contribution in [0, 0.1) is 11.3 Å². The van der Waals surface area contributed by atoms with E-state index in [4.69, 9.17) is 21.6 Å². The number of rotatable bonds is 2. The van der Waals surface area contributed by atoms with Gasteiger partial charge in [-0.1, -0.05) is 17.7 Å². The molecule has 1 aromatic carbocycles. The topological polar surface area (TPSA) is 45.0 Å². The summed E-state index contributed by atoms with van der Waals surface area (Å²) < 4.78 is 5.36. The number of anilines is 1. The third-order valence-electron chi connectivity index (χ3n) is 2.78. The molecule has 1 atom stereocenters. The van der Waals surface area contributed by atoms with Crippen molar-refractivity contribution in [3.05, 3.63) is 28.8 Å². The van der Waals surface area contributed by atoms with Crippen LogP contribution in [-0.4, -0.2) is 18.8 Å². The quantitative estimate of drug-likeness (QED) is 0.859. The number of ether oxygens (including phenoxy) is 1. The van der Waals surface area contributed by atoms with Crippen molar-refractivity contribution < 1.29 is 4.74 Å². The van der Waals surface area contributed by atoms with E-state index in [0.717, 1.165) is 18.7 Å². The molecule has 0 saturated carbocycles. The zero-order valence-electron chi connectivity index (χ0n) is 9.09. The van der Waals surface area contributed by atoms with Crippen LogP contribution in [0.3, 0.4) is 0 Å². The molecule has 1 unspecified atom stereocenters. The Balaban J connectivity index is 2.28. The van der Waals surface area contributed by atoms with E-state index in [1.54, 1.807) is 6.07 Å². The molecule has 0 aromatic heterocycles. The molecule has 16 heavy (non-hydrogen) atoms. The van der Waals surface area contributed by atoms with Crippen LogP contribution >= 0.6 is 11.6 Å². The number of nitrogens with zero attached hydrogens (tertiary/aromatic N) is 1. The van der Waals surface area contributed by atoms with Gasteiger partial charge in [-0.3, -0.25) is 0 Å². The molecule has 0 aliphatic carbocycles. The highest BCUT2D eigenvalue weighted by Gasteiger charge is 2.30. The molecule has 2 rings (SSSR count). The van der Waals surface area contributed by atoms with E-state index in [0.29, 0.717) is 17.2 Å². The van der Waals surface area contributed by atoms with E-state index in [2.05, 4.69) is 18.3 Å². The molecule has 1 aliphatic heterocycles. The van der Waals surface area contributed by atoms with E-state index in [1.165, 1.54) is 0 Å². The zero-order chi connectivity index (χ0) is 11.6. The SMILES string of the molecule is CC1(Nc2cccc(Cl)c2C#N)CCOC1. The maximum absolute atomic E-state index is 9.05. The molecule has 3 nitrogen and oxygen atoms in total. The van der Waals surface area contributed by atoms with Gasteiger partial charge in [0, 0.05) is 6.61 Å². The Kier molecular flexibility index (Phi) is 3.04. The molecule has 1 saturated heterocycles. The number of nitrogens with one attached hydrogen (secondary N) is 1. The van der Waals surface area contributed by atoms with Crippen molar-refractivity contribution in [2.45, 2.75) is 18.9 Å². The molecule has 0 bridgehead atoms. The summed E-state index contributed by atoms with van der Waals surface area (Å²) in [7, 11) is 0. The van der Waals surface area contributed by atoms with Crippen molar-refractivity contribution in [3.63, 3.8) is 0 Å². The minimum absolute atomic E-state index is 0.101. The van der Waals surface area contributed by atoms with Gasteiger partial charge in [0.1, 0.15) is 6.07 Å². The zero-order valence-corrected chi connectivity index (χ0v) is 9.84. The molecule has 0 radical (unpaired) electrons. The van der Waals surface area contributed by atoms with Gasteiger partial charge >= 0.3 is 0 Å². The predicted octanol–water partition coefficient (Wildman–Crippen LogP) is 2.80. The molecule has 1 heterocycles. The molecular weight excluding hydrogens is 224 g/mol. The number of halogens is 1. The summed E-state index contributed by atoms with van der Waals surface area (Å²) in [4.78, 5) is 0. The van der Waals surface area contributed by atoms with Gasteiger partial charge in [-0.05, 0) is 25.5 Å². The molecule has 1 aromatic rings. The van der Waals surface area contributed by atoms with E-state index in [9.17, 15) is 0 Å². The van der Waals surface area contributed by atoms with Crippen LogP contribution in [0.5, 0.6) is 0 Å². The van der Waals surface area contributed by atoms with Crippen molar-refractivity contribution in [2.24, 2.45) is 0 Å². The summed E-state index contributed by atoms with van der Waals surface area (Å²) >= 11 is 5.97. The van der Waals surface area contributed by atoms with Crippen LogP contribution < -0.4 is 5.32 Å². The second kappa shape index (κ2) is 4.32. The van der Waals surface area contributed by atoms with Gasteiger partial charge < -0.3 is 10.1 Å². The lowest BCUT2D eigenvalue weighted by molar-refractivity contribution is 0.185. The fourth-order valence-electron chi connectivity index (χ4n) is 1.83. The average molecular weight is 237 g/mol. The van der Waals surface area contributed by atoms with E-state index >= 15 is 0 Å². The number of nitriles is 1. The fourth-order valence-corrected chi connectivity index (χ4v) is 2.05. The summed E-state index contributed by atoms with van der Waals surface area (Å²) in [5, 5.41) is 12.9. The Morgan fingerprint density at radius 1 is 1.56 bits per heavy atom. The first-order valence-electron chi connectivity index (χ1n) is 5.19. The molecule has 4 heteroatoms. The molecule has 84 valence electrons. The van der Waals surface area contributed by atoms with Crippen LogP contribution in [-0.2, 0) is 4.74 Å². The Morgan fingerprint density at radius 3 is 3.00 bits per heavy atom. The maximum atomic E-state index is 9.05. The summed E-state index contributed by atoms with van der Waals surface area (Å²) in [6, 6.07) is 7.55. The number of hydrogen-bond donors (Lipinski definition) is 1.